The third kappa shape index (κ3) is 4.18. The van der Waals surface area contributed by atoms with Gasteiger partial charge in [-0.1, -0.05) is 37.1 Å². The fraction of sp³-hybridized carbons (Fsp3) is 0.312. The first kappa shape index (κ1) is 16.2. The molecule has 0 aliphatic heterocycles. The second-order valence-corrected chi connectivity index (χ2v) is 5.40. The largest absolute Gasteiger partial charge is 0.340 e. The minimum Gasteiger partial charge on any atom is -0.340 e. The Kier molecular flexibility index (Phi) is 5.72. The van der Waals surface area contributed by atoms with E-state index in [4.69, 9.17) is 11.6 Å². The van der Waals surface area contributed by atoms with Crippen molar-refractivity contribution in [1.82, 2.24) is 15.1 Å². The summed E-state index contributed by atoms with van der Waals surface area (Å²) in [5, 5.41) is 11.7. The lowest BCUT2D eigenvalue weighted by molar-refractivity contribution is 0.0786. The van der Waals surface area contributed by atoms with Gasteiger partial charge in [0.05, 0.1) is 10.7 Å². The number of hydrogen-bond acceptors (Lipinski definition) is 4. The zero-order valence-corrected chi connectivity index (χ0v) is 13.5. The summed E-state index contributed by atoms with van der Waals surface area (Å²) in [6.45, 7) is 2.81. The number of benzene rings is 1. The number of para-hydroxylation sites is 1. The van der Waals surface area contributed by atoms with Crippen molar-refractivity contribution < 1.29 is 4.79 Å². The van der Waals surface area contributed by atoms with E-state index in [1.807, 2.05) is 18.2 Å². The van der Waals surface area contributed by atoms with E-state index in [0.717, 1.165) is 25.1 Å². The first-order chi connectivity index (χ1) is 10.6. The first-order valence-electron chi connectivity index (χ1n) is 7.22. The summed E-state index contributed by atoms with van der Waals surface area (Å²) in [4.78, 5) is 13.8. The normalized spacial score (nSPS) is 10.3. The third-order valence-corrected chi connectivity index (χ3v) is 3.54. The monoisotopic (exact) mass is 318 g/mol. The van der Waals surface area contributed by atoms with E-state index >= 15 is 0 Å². The molecule has 0 aliphatic rings. The number of amides is 1. The summed E-state index contributed by atoms with van der Waals surface area (Å²) in [5.74, 6) is 0.422. The molecule has 1 amide bonds. The second-order valence-electron chi connectivity index (χ2n) is 4.99. The van der Waals surface area contributed by atoms with Gasteiger partial charge >= 0.3 is 0 Å². The summed E-state index contributed by atoms with van der Waals surface area (Å²) in [6.07, 6.45) is 2.02. The predicted molar refractivity (Wildman–Crippen MR) is 88.6 cm³/mol. The summed E-state index contributed by atoms with van der Waals surface area (Å²) in [6, 6.07) is 10.8. The molecule has 116 valence electrons. The van der Waals surface area contributed by atoms with Gasteiger partial charge in [0.1, 0.15) is 0 Å². The highest BCUT2D eigenvalue weighted by molar-refractivity contribution is 6.33. The van der Waals surface area contributed by atoms with Crippen molar-refractivity contribution in [3.63, 3.8) is 0 Å². The van der Waals surface area contributed by atoms with E-state index in [0.29, 0.717) is 16.5 Å². The van der Waals surface area contributed by atoms with E-state index in [2.05, 4.69) is 22.4 Å². The standard InChI is InChI=1S/C16H19ClN4O/c1-3-4-11-21(2)16(22)14-9-10-15(20-19-14)18-13-8-6-5-7-12(13)17/h5-10H,3-4,11H2,1-2H3,(H,18,20). The van der Waals surface area contributed by atoms with Gasteiger partial charge in [0.25, 0.3) is 5.91 Å². The van der Waals surface area contributed by atoms with Gasteiger partial charge in [0.15, 0.2) is 11.5 Å². The Balaban J connectivity index is 2.04. The van der Waals surface area contributed by atoms with E-state index in [-0.39, 0.29) is 5.91 Å². The molecule has 0 bridgehead atoms. The number of hydrogen-bond donors (Lipinski definition) is 1. The van der Waals surface area contributed by atoms with Gasteiger partial charge in [0.2, 0.25) is 0 Å². The predicted octanol–water partition coefficient (Wildman–Crippen LogP) is 3.75. The number of unbranched alkanes of at least 4 members (excludes halogenated alkanes) is 1. The number of halogens is 1. The van der Waals surface area contributed by atoms with Gasteiger partial charge in [-0.2, -0.15) is 0 Å². The molecule has 22 heavy (non-hydrogen) atoms. The van der Waals surface area contributed by atoms with Crippen LogP contribution in [0.15, 0.2) is 36.4 Å². The van der Waals surface area contributed by atoms with Gasteiger partial charge in [-0.3, -0.25) is 4.79 Å². The Bertz CT molecular complexity index is 630. The molecule has 0 atom stereocenters. The van der Waals surface area contributed by atoms with E-state index in [1.165, 1.54) is 0 Å². The second kappa shape index (κ2) is 7.75. The van der Waals surface area contributed by atoms with E-state index < -0.39 is 0 Å². The van der Waals surface area contributed by atoms with Gasteiger partial charge in [-0.25, -0.2) is 0 Å². The maximum absolute atomic E-state index is 12.2. The molecule has 2 aromatic rings. The fourth-order valence-corrected chi connectivity index (χ4v) is 2.09. The van der Waals surface area contributed by atoms with Crippen molar-refractivity contribution in [2.75, 3.05) is 18.9 Å². The molecule has 0 spiro atoms. The molecule has 1 heterocycles. The van der Waals surface area contributed by atoms with Crippen LogP contribution in [0.4, 0.5) is 11.5 Å². The summed E-state index contributed by atoms with van der Waals surface area (Å²) in [5.41, 5.74) is 1.08. The van der Waals surface area contributed by atoms with Crippen molar-refractivity contribution in [3.05, 3.63) is 47.1 Å². The summed E-state index contributed by atoms with van der Waals surface area (Å²) >= 11 is 6.07. The fourth-order valence-electron chi connectivity index (χ4n) is 1.91. The van der Waals surface area contributed by atoms with Crippen LogP contribution in [0.1, 0.15) is 30.3 Å². The molecule has 0 saturated carbocycles. The SMILES string of the molecule is CCCCN(C)C(=O)c1ccc(Nc2ccccc2Cl)nn1. The van der Waals surface area contributed by atoms with Crippen LogP contribution in [-0.4, -0.2) is 34.6 Å². The number of rotatable bonds is 6. The highest BCUT2D eigenvalue weighted by Crippen LogP contribution is 2.23. The van der Waals surface area contributed by atoms with Gasteiger partial charge in [0, 0.05) is 13.6 Å². The van der Waals surface area contributed by atoms with Crippen molar-refractivity contribution in [2.24, 2.45) is 0 Å². The number of carbonyl (C=O) groups excluding carboxylic acids is 1. The number of carbonyl (C=O) groups is 1. The third-order valence-electron chi connectivity index (χ3n) is 3.21. The lowest BCUT2D eigenvalue weighted by atomic mass is 10.3. The smallest absolute Gasteiger partial charge is 0.274 e. The topological polar surface area (TPSA) is 58.1 Å². The molecule has 0 unspecified atom stereocenters. The average Bonchev–Trinajstić information content (AvgIpc) is 2.55. The Labute approximate surface area is 135 Å². The lowest BCUT2D eigenvalue weighted by Crippen LogP contribution is -2.28. The van der Waals surface area contributed by atoms with Crippen LogP contribution < -0.4 is 5.32 Å². The van der Waals surface area contributed by atoms with Crippen molar-refractivity contribution in [3.8, 4) is 0 Å². The van der Waals surface area contributed by atoms with E-state index in [1.54, 1.807) is 30.1 Å². The van der Waals surface area contributed by atoms with Crippen molar-refractivity contribution >= 4 is 29.0 Å². The Morgan fingerprint density at radius 2 is 2.00 bits per heavy atom. The molecule has 6 heteroatoms. The number of anilines is 2. The quantitative estimate of drug-likeness (QED) is 0.881. The van der Waals surface area contributed by atoms with Gasteiger partial charge in [-0.15, -0.1) is 10.2 Å². The zero-order chi connectivity index (χ0) is 15.9. The highest BCUT2D eigenvalue weighted by Gasteiger charge is 2.13. The van der Waals surface area contributed by atoms with Crippen LogP contribution in [-0.2, 0) is 0 Å². The van der Waals surface area contributed by atoms with Crippen LogP contribution in [0.25, 0.3) is 0 Å². The molecule has 0 saturated heterocycles. The van der Waals surface area contributed by atoms with Crippen molar-refractivity contribution in [2.45, 2.75) is 19.8 Å². The Morgan fingerprint density at radius 3 is 2.64 bits per heavy atom. The summed E-state index contributed by atoms with van der Waals surface area (Å²) < 4.78 is 0. The maximum Gasteiger partial charge on any atom is 0.274 e. The minimum atomic E-state index is -0.120. The van der Waals surface area contributed by atoms with Crippen LogP contribution >= 0.6 is 11.6 Å². The van der Waals surface area contributed by atoms with Crippen LogP contribution in [0.2, 0.25) is 5.02 Å². The molecule has 2 rings (SSSR count). The number of nitrogens with one attached hydrogen (secondary N) is 1. The lowest BCUT2D eigenvalue weighted by Gasteiger charge is -2.15. The molecular formula is C16H19ClN4O. The molecule has 1 aromatic carbocycles. The molecule has 0 aliphatic carbocycles. The number of nitrogens with zero attached hydrogens (tertiary/aromatic N) is 3. The molecule has 1 aromatic heterocycles. The minimum absolute atomic E-state index is 0.120. The Hall–Kier alpha value is -2.14. The first-order valence-corrected chi connectivity index (χ1v) is 7.60. The zero-order valence-electron chi connectivity index (χ0n) is 12.7. The highest BCUT2D eigenvalue weighted by atomic mass is 35.5. The van der Waals surface area contributed by atoms with Crippen LogP contribution in [0.5, 0.6) is 0 Å². The van der Waals surface area contributed by atoms with Crippen LogP contribution in [0.3, 0.4) is 0 Å². The van der Waals surface area contributed by atoms with Crippen LogP contribution in [0, 0.1) is 0 Å². The van der Waals surface area contributed by atoms with E-state index in [9.17, 15) is 4.79 Å². The Morgan fingerprint density at radius 1 is 1.23 bits per heavy atom. The molecule has 0 fully saturated rings. The van der Waals surface area contributed by atoms with Crippen molar-refractivity contribution in [1.29, 1.82) is 0 Å². The number of aromatic nitrogens is 2. The molecular weight excluding hydrogens is 300 g/mol. The van der Waals surface area contributed by atoms with Gasteiger partial charge < -0.3 is 10.2 Å². The molecule has 1 N–H and O–H groups in total. The average molecular weight is 319 g/mol. The molecule has 5 nitrogen and oxygen atoms in total. The maximum atomic E-state index is 12.2. The van der Waals surface area contributed by atoms with Gasteiger partial charge in [-0.05, 0) is 30.7 Å². The summed E-state index contributed by atoms with van der Waals surface area (Å²) in [7, 11) is 1.77. The molecule has 0 radical (unpaired) electrons.